The Morgan fingerprint density at radius 1 is 0.964 bits per heavy atom. The van der Waals surface area contributed by atoms with Crippen LogP contribution in [0, 0.1) is 0 Å². The summed E-state index contributed by atoms with van der Waals surface area (Å²) >= 11 is 1.65. The smallest absolute Gasteiger partial charge is 0.288 e. The zero-order valence-corrected chi connectivity index (χ0v) is 16.6. The van der Waals surface area contributed by atoms with Crippen LogP contribution in [0.25, 0.3) is 11.3 Å². The van der Waals surface area contributed by atoms with Gasteiger partial charge < -0.3 is 19.3 Å². The molecule has 0 spiro atoms. The largest absolute Gasteiger partial charge is 0.454 e. The van der Waals surface area contributed by atoms with Crippen molar-refractivity contribution in [2.24, 2.45) is 0 Å². The van der Waals surface area contributed by atoms with E-state index in [9.17, 15) is 0 Å². The monoisotopic (exact) mass is 395 g/mol. The zero-order valence-electron chi connectivity index (χ0n) is 15.8. The van der Waals surface area contributed by atoms with Crippen LogP contribution in [0.15, 0.2) is 47.8 Å². The van der Waals surface area contributed by atoms with E-state index in [1.165, 1.54) is 5.69 Å². The Morgan fingerprint density at radius 3 is 2.57 bits per heavy atom. The van der Waals surface area contributed by atoms with Gasteiger partial charge in [-0.25, -0.2) is 0 Å². The number of anilines is 1. The first kappa shape index (κ1) is 17.5. The SMILES string of the molecule is CN1CCN(c2ccc(-c3csc([NH2+]c4ccc5c(c4)OCO5)n3)cc2)CC1. The molecular weight excluding hydrogens is 372 g/mol. The van der Waals surface area contributed by atoms with Crippen molar-refractivity contribution in [3.63, 3.8) is 0 Å². The normalized spacial score (nSPS) is 16.5. The van der Waals surface area contributed by atoms with Crippen LogP contribution < -0.4 is 19.7 Å². The predicted octanol–water partition coefficient (Wildman–Crippen LogP) is 2.82. The summed E-state index contributed by atoms with van der Waals surface area (Å²) in [6, 6.07) is 14.7. The fraction of sp³-hybridized carbons (Fsp3) is 0.286. The molecule has 144 valence electrons. The van der Waals surface area contributed by atoms with Gasteiger partial charge in [-0.3, -0.25) is 5.32 Å². The second-order valence-electron chi connectivity index (χ2n) is 7.17. The molecule has 0 atom stereocenters. The summed E-state index contributed by atoms with van der Waals surface area (Å²) in [5.74, 6) is 1.60. The average molecular weight is 396 g/mol. The highest BCUT2D eigenvalue weighted by molar-refractivity contribution is 7.13. The van der Waals surface area contributed by atoms with Crippen molar-refractivity contribution in [1.82, 2.24) is 9.88 Å². The number of likely N-dealkylation sites (N-methyl/N-ethyl adjacent to an activating group) is 1. The van der Waals surface area contributed by atoms with Crippen molar-refractivity contribution in [3.8, 4) is 22.8 Å². The lowest BCUT2D eigenvalue weighted by Gasteiger charge is -2.34. The number of piperazine rings is 1. The van der Waals surface area contributed by atoms with E-state index in [1.54, 1.807) is 11.3 Å². The van der Waals surface area contributed by atoms with Gasteiger partial charge in [0.25, 0.3) is 5.13 Å². The number of benzene rings is 2. The first-order chi connectivity index (χ1) is 13.7. The Kier molecular flexibility index (Phi) is 4.64. The number of nitrogens with zero attached hydrogens (tertiary/aromatic N) is 3. The second-order valence-corrected chi connectivity index (χ2v) is 8.05. The molecule has 0 saturated carbocycles. The van der Waals surface area contributed by atoms with Crippen LogP contribution in [-0.4, -0.2) is 49.9 Å². The summed E-state index contributed by atoms with van der Waals surface area (Å²) in [6.07, 6.45) is 0. The standard InChI is InChI=1S/C21H22N4O2S/c1-24-8-10-25(11-9-24)17-5-2-15(3-6-17)18-13-28-21(23-18)22-16-4-7-19-20(12-16)27-14-26-19/h2-7,12-13H,8-11,14H2,1H3,(H,22,23)/p+1. The highest BCUT2D eigenvalue weighted by Crippen LogP contribution is 2.33. The maximum Gasteiger partial charge on any atom is 0.288 e. The minimum atomic E-state index is 0.296. The van der Waals surface area contributed by atoms with E-state index in [2.05, 4.69) is 51.8 Å². The molecule has 6 nitrogen and oxygen atoms in total. The molecule has 3 aromatic rings. The molecule has 0 amide bonds. The number of aromatic nitrogens is 1. The van der Waals surface area contributed by atoms with Gasteiger partial charge in [0.15, 0.2) is 11.5 Å². The highest BCUT2D eigenvalue weighted by Gasteiger charge is 2.17. The molecule has 0 aliphatic carbocycles. The van der Waals surface area contributed by atoms with Crippen molar-refractivity contribution >= 4 is 27.8 Å². The van der Waals surface area contributed by atoms with Crippen LogP contribution in [0.1, 0.15) is 0 Å². The van der Waals surface area contributed by atoms with E-state index in [4.69, 9.17) is 14.5 Å². The number of hydrogen-bond acceptors (Lipinski definition) is 6. The molecule has 5 rings (SSSR count). The van der Waals surface area contributed by atoms with Crippen molar-refractivity contribution in [3.05, 3.63) is 47.8 Å². The summed E-state index contributed by atoms with van der Waals surface area (Å²) in [5.41, 5.74) is 4.52. The van der Waals surface area contributed by atoms with Crippen LogP contribution in [0.2, 0.25) is 0 Å². The molecule has 2 aliphatic rings. The molecule has 1 aromatic heterocycles. The zero-order chi connectivity index (χ0) is 18.9. The summed E-state index contributed by atoms with van der Waals surface area (Å²) < 4.78 is 10.8. The van der Waals surface area contributed by atoms with Crippen LogP contribution in [0.4, 0.5) is 16.5 Å². The molecule has 28 heavy (non-hydrogen) atoms. The van der Waals surface area contributed by atoms with Gasteiger partial charge in [-0.15, -0.1) is 0 Å². The van der Waals surface area contributed by atoms with E-state index in [-0.39, 0.29) is 0 Å². The summed E-state index contributed by atoms with van der Waals surface area (Å²) in [7, 11) is 2.18. The molecular formula is C21H23N4O2S+. The maximum absolute atomic E-state index is 5.45. The molecule has 1 fully saturated rings. The van der Waals surface area contributed by atoms with E-state index in [0.29, 0.717) is 6.79 Å². The summed E-state index contributed by atoms with van der Waals surface area (Å²) in [4.78, 5) is 9.61. The van der Waals surface area contributed by atoms with E-state index in [0.717, 1.165) is 59.8 Å². The predicted molar refractivity (Wildman–Crippen MR) is 111 cm³/mol. The third kappa shape index (κ3) is 3.56. The molecule has 2 aliphatic heterocycles. The molecule has 2 aromatic carbocycles. The number of hydrogen-bond donors (Lipinski definition) is 1. The Labute approximate surface area is 168 Å². The lowest BCUT2D eigenvalue weighted by molar-refractivity contribution is -0.478. The Bertz CT molecular complexity index is 965. The topological polar surface area (TPSA) is 54.4 Å². The number of quaternary nitrogens is 1. The van der Waals surface area contributed by atoms with Crippen molar-refractivity contribution in [2.75, 3.05) is 44.9 Å². The third-order valence-corrected chi connectivity index (χ3v) is 6.03. The highest BCUT2D eigenvalue weighted by atomic mass is 32.1. The van der Waals surface area contributed by atoms with Gasteiger partial charge in [0.2, 0.25) is 6.79 Å². The molecule has 0 bridgehead atoms. The fourth-order valence-electron chi connectivity index (χ4n) is 3.54. The van der Waals surface area contributed by atoms with Gasteiger partial charge >= 0.3 is 0 Å². The van der Waals surface area contributed by atoms with E-state index < -0.39 is 0 Å². The van der Waals surface area contributed by atoms with E-state index >= 15 is 0 Å². The Morgan fingerprint density at radius 2 is 1.75 bits per heavy atom. The lowest BCUT2D eigenvalue weighted by atomic mass is 10.1. The first-order valence-corrected chi connectivity index (χ1v) is 10.4. The average Bonchev–Trinajstić information content (AvgIpc) is 3.38. The van der Waals surface area contributed by atoms with Gasteiger partial charge in [0.1, 0.15) is 5.69 Å². The maximum atomic E-state index is 5.45. The lowest BCUT2D eigenvalue weighted by Crippen LogP contribution is -2.70. The van der Waals surface area contributed by atoms with Crippen LogP contribution >= 0.6 is 11.3 Å². The van der Waals surface area contributed by atoms with Gasteiger partial charge in [-0.1, -0.05) is 23.5 Å². The van der Waals surface area contributed by atoms with Crippen LogP contribution in [-0.2, 0) is 0 Å². The van der Waals surface area contributed by atoms with E-state index in [1.807, 2.05) is 18.2 Å². The number of fused-ring (bicyclic) bond motifs is 1. The second kappa shape index (κ2) is 7.43. The summed E-state index contributed by atoms with van der Waals surface area (Å²) in [5, 5.41) is 5.18. The van der Waals surface area contributed by atoms with Crippen molar-refractivity contribution in [1.29, 1.82) is 0 Å². The molecule has 0 radical (unpaired) electrons. The minimum Gasteiger partial charge on any atom is -0.454 e. The van der Waals surface area contributed by atoms with Gasteiger partial charge in [0.05, 0.1) is 5.69 Å². The first-order valence-electron chi connectivity index (χ1n) is 9.48. The van der Waals surface area contributed by atoms with Gasteiger partial charge in [-0.05, 0) is 25.2 Å². The summed E-state index contributed by atoms with van der Waals surface area (Å²) in [6.45, 7) is 4.70. The number of nitrogens with two attached hydrogens (primary N) is 1. The number of rotatable bonds is 4. The third-order valence-electron chi connectivity index (χ3n) is 5.24. The van der Waals surface area contributed by atoms with Crippen molar-refractivity contribution < 1.29 is 14.8 Å². The van der Waals surface area contributed by atoms with Crippen molar-refractivity contribution in [2.45, 2.75) is 0 Å². The minimum absolute atomic E-state index is 0.296. The molecule has 7 heteroatoms. The molecule has 1 saturated heterocycles. The Hall–Kier alpha value is -2.61. The quantitative estimate of drug-likeness (QED) is 0.689. The fourth-order valence-corrected chi connectivity index (χ4v) is 4.32. The van der Waals surface area contributed by atoms with Crippen LogP contribution in [0.3, 0.4) is 0 Å². The number of ether oxygens (including phenoxy) is 2. The number of thiazole rings is 1. The Balaban J connectivity index is 1.28. The van der Waals surface area contributed by atoms with Crippen LogP contribution in [0.5, 0.6) is 11.5 Å². The molecule has 2 N–H and O–H groups in total. The molecule has 0 unspecified atom stereocenters. The molecule has 3 heterocycles. The van der Waals surface area contributed by atoms with Gasteiger partial charge in [0, 0.05) is 54.9 Å². The van der Waals surface area contributed by atoms with Gasteiger partial charge in [-0.2, -0.15) is 4.98 Å².